The van der Waals surface area contributed by atoms with Crippen molar-refractivity contribution in [2.75, 3.05) is 19.6 Å². The summed E-state index contributed by atoms with van der Waals surface area (Å²) in [5.41, 5.74) is 1.81. The summed E-state index contributed by atoms with van der Waals surface area (Å²) in [4.78, 5) is 21.2. The number of likely N-dealkylation sites (tertiary alicyclic amines) is 1. The highest BCUT2D eigenvalue weighted by molar-refractivity contribution is 5.48. The summed E-state index contributed by atoms with van der Waals surface area (Å²) in [7, 11) is 0. The van der Waals surface area contributed by atoms with Crippen molar-refractivity contribution < 1.29 is 4.39 Å². The number of H-pyrrole nitrogens is 1. The van der Waals surface area contributed by atoms with Crippen molar-refractivity contribution in [3.05, 3.63) is 69.7 Å². The molecule has 1 saturated heterocycles. The average molecular weight is 327 g/mol. The van der Waals surface area contributed by atoms with Gasteiger partial charge in [-0.25, -0.2) is 9.37 Å². The van der Waals surface area contributed by atoms with Crippen LogP contribution in [0.4, 0.5) is 4.39 Å². The van der Waals surface area contributed by atoms with E-state index in [0.29, 0.717) is 11.7 Å². The lowest BCUT2D eigenvalue weighted by Gasteiger charge is -2.31. The Hall–Kier alpha value is -2.27. The lowest BCUT2D eigenvalue weighted by molar-refractivity contribution is 0.226. The molecule has 1 N–H and O–H groups in total. The number of piperidine rings is 1. The van der Waals surface area contributed by atoms with Gasteiger partial charge < -0.3 is 4.98 Å². The van der Waals surface area contributed by atoms with Crippen LogP contribution in [0.3, 0.4) is 0 Å². The van der Waals surface area contributed by atoms with E-state index in [1.54, 1.807) is 18.2 Å². The highest BCUT2D eigenvalue weighted by atomic mass is 19.1. The van der Waals surface area contributed by atoms with Crippen LogP contribution in [0.15, 0.2) is 41.2 Å². The zero-order valence-electron chi connectivity index (χ0n) is 13.8. The summed E-state index contributed by atoms with van der Waals surface area (Å²) in [5, 5.41) is 0. The van der Waals surface area contributed by atoms with Gasteiger partial charge in [-0.3, -0.25) is 9.69 Å². The van der Waals surface area contributed by atoms with Gasteiger partial charge in [0.25, 0.3) is 5.56 Å². The fourth-order valence-corrected chi connectivity index (χ4v) is 3.19. The molecule has 0 amide bonds. The minimum atomic E-state index is -0.216. The highest BCUT2D eigenvalue weighted by Gasteiger charge is 2.22. The van der Waals surface area contributed by atoms with Crippen molar-refractivity contribution >= 4 is 6.08 Å². The molecule has 1 aliphatic rings. The summed E-state index contributed by atoms with van der Waals surface area (Å²) in [6.07, 6.45) is 6.28. The van der Waals surface area contributed by atoms with Gasteiger partial charge in [-0.2, -0.15) is 0 Å². The Kier molecular flexibility index (Phi) is 5.20. The molecule has 0 bridgehead atoms. The van der Waals surface area contributed by atoms with E-state index in [-0.39, 0.29) is 11.4 Å². The van der Waals surface area contributed by atoms with Crippen molar-refractivity contribution in [2.45, 2.75) is 25.7 Å². The maximum absolute atomic E-state index is 12.9. The molecule has 1 atom stereocenters. The van der Waals surface area contributed by atoms with E-state index in [2.05, 4.69) is 20.9 Å². The molecule has 2 aromatic rings. The fourth-order valence-electron chi connectivity index (χ4n) is 3.19. The van der Waals surface area contributed by atoms with Gasteiger partial charge >= 0.3 is 0 Å². The van der Waals surface area contributed by atoms with Gasteiger partial charge in [0.2, 0.25) is 0 Å². The third-order valence-corrected chi connectivity index (χ3v) is 4.35. The normalized spacial score (nSPS) is 19.0. The SMILES string of the molecule is Cc1nc(C2CCCN(C/C=C/c3ccc(F)cc3)C2)cc(=O)[nH]1. The van der Waals surface area contributed by atoms with Crippen molar-refractivity contribution in [1.29, 1.82) is 0 Å². The molecule has 0 aliphatic carbocycles. The van der Waals surface area contributed by atoms with Crippen LogP contribution in [0, 0.1) is 12.7 Å². The molecule has 0 saturated carbocycles. The first-order chi connectivity index (χ1) is 11.6. The van der Waals surface area contributed by atoms with Gasteiger partial charge in [0.05, 0.1) is 5.69 Å². The van der Waals surface area contributed by atoms with Gasteiger partial charge in [0, 0.05) is 25.1 Å². The van der Waals surface area contributed by atoms with E-state index in [1.807, 2.05) is 13.0 Å². The summed E-state index contributed by atoms with van der Waals surface area (Å²) in [6, 6.07) is 8.10. The number of benzene rings is 1. The second kappa shape index (κ2) is 7.53. The zero-order chi connectivity index (χ0) is 16.9. The van der Waals surface area contributed by atoms with Gasteiger partial charge in [-0.15, -0.1) is 0 Å². The number of aromatic nitrogens is 2. The number of aryl methyl sites for hydroxylation is 1. The first kappa shape index (κ1) is 16.6. The summed E-state index contributed by atoms with van der Waals surface area (Å²) in [5.74, 6) is 0.761. The molecule has 126 valence electrons. The topological polar surface area (TPSA) is 49.0 Å². The quantitative estimate of drug-likeness (QED) is 0.939. The van der Waals surface area contributed by atoms with Crippen LogP contribution >= 0.6 is 0 Å². The molecule has 1 aliphatic heterocycles. The Morgan fingerprint density at radius 2 is 2.17 bits per heavy atom. The molecular weight excluding hydrogens is 305 g/mol. The number of hydrogen-bond acceptors (Lipinski definition) is 3. The van der Waals surface area contributed by atoms with Crippen LogP contribution in [-0.2, 0) is 0 Å². The zero-order valence-corrected chi connectivity index (χ0v) is 13.8. The van der Waals surface area contributed by atoms with Crippen LogP contribution in [0.1, 0.15) is 35.8 Å². The molecule has 5 heteroatoms. The predicted octanol–water partition coefficient (Wildman–Crippen LogP) is 3.11. The summed E-state index contributed by atoms with van der Waals surface area (Å²) in [6.45, 7) is 4.61. The lowest BCUT2D eigenvalue weighted by Crippen LogP contribution is -2.35. The number of rotatable bonds is 4. The van der Waals surface area contributed by atoms with Crippen molar-refractivity contribution in [3.8, 4) is 0 Å². The van der Waals surface area contributed by atoms with E-state index in [1.165, 1.54) is 12.1 Å². The first-order valence-corrected chi connectivity index (χ1v) is 8.32. The summed E-state index contributed by atoms with van der Waals surface area (Å²) < 4.78 is 12.9. The van der Waals surface area contributed by atoms with Gasteiger partial charge in [-0.1, -0.05) is 24.3 Å². The van der Waals surface area contributed by atoms with E-state index < -0.39 is 0 Å². The number of aromatic amines is 1. The second-order valence-electron chi connectivity index (χ2n) is 6.31. The largest absolute Gasteiger partial charge is 0.311 e. The second-order valence-corrected chi connectivity index (χ2v) is 6.31. The molecule has 1 aromatic carbocycles. The molecule has 24 heavy (non-hydrogen) atoms. The van der Waals surface area contributed by atoms with Crippen molar-refractivity contribution in [1.82, 2.24) is 14.9 Å². The Morgan fingerprint density at radius 3 is 2.92 bits per heavy atom. The van der Waals surface area contributed by atoms with Crippen molar-refractivity contribution in [3.63, 3.8) is 0 Å². The molecule has 1 unspecified atom stereocenters. The third-order valence-electron chi connectivity index (χ3n) is 4.35. The maximum atomic E-state index is 12.9. The van der Waals surface area contributed by atoms with Gasteiger partial charge in [0.1, 0.15) is 11.6 Å². The Bertz CT molecular complexity index is 767. The highest BCUT2D eigenvalue weighted by Crippen LogP contribution is 2.24. The Labute approximate surface area is 141 Å². The standard InChI is InChI=1S/C19H22FN3O/c1-14-21-18(12-19(24)22-14)16-5-3-11-23(13-16)10-2-4-15-6-8-17(20)9-7-15/h2,4,6-9,12,16H,3,5,10-11,13H2,1H3,(H,21,22,24)/b4-2+. The minimum absolute atomic E-state index is 0.0779. The first-order valence-electron chi connectivity index (χ1n) is 8.32. The van der Waals surface area contributed by atoms with Crippen LogP contribution in [0.25, 0.3) is 6.08 Å². The molecule has 1 fully saturated rings. The monoisotopic (exact) mass is 327 g/mol. The van der Waals surface area contributed by atoms with E-state index in [0.717, 1.165) is 43.7 Å². The van der Waals surface area contributed by atoms with E-state index in [4.69, 9.17) is 0 Å². The average Bonchev–Trinajstić information content (AvgIpc) is 2.56. The van der Waals surface area contributed by atoms with E-state index >= 15 is 0 Å². The minimum Gasteiger partial charge on any atom is -0.311 e. The number of hydrogen-bond donors (Lipinski definition) is 1. The van der Waals surface area contributed by atoms with Crippen LogP contribution in [-0.4, -0.2) is 34.5 Å². The number of nitrogens with one attached hydrogen (secondary N) is 1. The molecule has 0 radical (unpaired) electrons. The fraction of sp³-hybridized carbons (Fsp3) is 0.368. The number of nitrogens with zero attached hydrogens (tertiary/aromatic N) is 2. The molecule has 3 rings (SSSR count). The van der Waals surface area contributed by atoms with Crippen LogP contribution < -0.4 is 5.56 Å². The Morgan fingerprint density at radius 1 is 1.38 bits per heavy atom. The predicted molar refractivity (Wildman–Crippen MR) is 93.4 cm³/mol. The molecule has 2 heterocycles. The van der Waals surface area contributed by atoms with E-state index in [9.17, 15) is 9.18 Å². The third kappa shape index (κ3) is 4.38. The smallest absolute Gasteiger partial charge is 0.251 e. The molecule has 1 aromatic heterocycles. The van der Waals surface area contributed by atoms with Crippen LogP contribution in [0.5, 0.6) is 0 Å². The summed E-state index contributed by atoms with van der Waals surface area (Å²) >= 11 is 0. The molecular formula is C19H22FN3O. The van der Waals surface area contributed by atoms with Crippen LogP contribution in [0.2, 0.25) is 0 Å². The van der Waals surface area contributed by atoms with Crippen molar-refractivity contribution in [2.24, 2.45) is 0 Å². The molecule has 0 spiro atoms. The Balaban J connectivity index is 1.61. The van der Waals surface area contributed by atoms with Gasteiger partial charge in [0.15, 0.2) is 0 Å². The molecule has 4 nitrogen and oxygen atoms in total. The number of halogens is 1. The lowest BCUT2D eigenvalue weighted by atomic mass is 9.94. The van der Waals surface area contributed by atoms with Gasteiger partial charge in [-0.05, 0) is 44.0 Å². The maximum Gasteiger partial charge on any atom is 0.251 e.